The molecule has 2 aliphatic rings. The van der Waals surface area contributed by atoms with Crippen LogP contribution in [0.2, 0.25) is 0 Å². The van der Waals surface area contributed by atoms with E-state index in [1.54, 1.807) is 6.20 Å². The number of nitrogens with zero attached hydrogens (tertiary/aromatic N) is 3. The molecule has 0 unspecified atom stereocenters. The van der Waals surface area contributed by atoms with E-state index in [0.29, 0.717) is 17.1 Å². The highest BCUT2D eigenvalue weighted by Crippen LogP contribution is 2.52. The van der Waals surface area contributed by atoms with E-state index < -0.39 is 5.54 Å². The molecule has 2 N–H and O–H groups in total. The Kier molecular flexibility index (Phi) is 4.17. The van der Waals surface area contributed by atoms with E-state index in [2.05, 4.69) is 17.1 Å². The van der Waals surface area contributed by atoms with Crippen LogP contribution in [0, 0.1) is 11.3 Å². The lowest BCUT2D eigenvalue weighted by Crippen LogP contribution is -2.31. The van der Waals surface area contributed by atoms with Crippen LogP contribution < -0.4 is 10.5 Å². The normalized spacial score (nSPS) is 17.8. The summed E-state index contributed by atoms with van der Waals surface area (Å²) in [5.74, 6) is 1.40. The Morgan fingerprint density at radius 3 is 2.33 bits per heavy atom. The quantitative estimate of drug-likeness (QED) is 0.484. The van der Waals surface area contributed by atoms with Crippen molar-refractivity contribution in [3.8, 4) is 39.8 Å². The summed E-state index contributed by atoms with van der Waals surface area (Å²) < 4.78 is 12.0. The molecular formula is C27H18N4O2. The van der Waals surface area contributed by atoms with E-state index in [1.165, 1.54) is 0 Å². The van der Waals surface area contributed by atoms with Gasteiger partial charge in [-0.25, -0.2) is 4.99 Å². The number of nitrogens with two attached hydrogens (primary N) is 1. The summed E-state index contributed by atoms with van der Waals surface area (Å²) in [5.41, 5.74) is 11.3. The monoisotopic (exact) mass is 430 g/mol. The zero-order chi connectivity index (χ0) is 22.4. The number of amidine groups is 1. The molecule has 3 heterocycles. The van der Waals surface area contributed by atoms with Crippen LogP contribution in [-0.2, 0) is 10.3 Å². The molecule has 0 radical (unpaired) electrons. The molecule has 1 aromatic heterocycles. The highest BCUT2D eigenvalue weighted by Gasteiger charge is 2.47. The van der Waals surface area contributed by atoms with Gasteiger partial charge >= 0.3 is 0 Å². The van der Waals surface area contributed by atoms with Gasteiger partial charge in [-0.3, -0.25) is 4.98 Å². The van der Waals surface area contributed by atoms with Crippen LogP contribution in [0.15, 0.2) is 90.2 Å². The topological polar surface area (TPSA) is 93.5 Å². The Morgan fingerprint density at radius 1 is 0.879 bits per heavy atom. The van der Waals surface area contributed by atoms with Crippen molar-refractivity contribution in [1.29, 1.82) is 5.26 Å². The van der Waals surface area contributed by atoms with Crippen LogP contribution in [-0.4, -0.2) is 17.6 Å². The van der Waals surface area contributed by atoms with Gasteiger partial charge in [-0.1, -0.05) is 36.4 Å². The van der Waals surface area contributed by atoms with Gasteiger partial charge in [0.25, 0.3) is 6.02 Å². The fourth-order valence-electron chi connectivity index (χ4n) is 4.57. The maximum atomic E-state index is 9.59. The number of hydrogen-bond acceptors (Lipinski definition) is 6. The van der Waals surface area contributed by atoms with Crippen molar-refractivity contribution in [2.24, 2.45) is 10.7 Å². The standard InChI is InChI=1S/C27H18N4O2/c28-14-19-4-1-2-6-21(19)18-8-10-25-23(13-18)27(16-32-26(29)31-27)22-12-17(7-9-24(22)33-25)20-5-3-11-30-15-20/h1-13,15H,16H2,(H2,29,31)/t27-/m0/s1. The zero-order valence-corrected chi connectivity index (χ0v) is 17.5. The lowest BCUT2D eigenvalue weighted by molar-refractivity contribution is 0.264. The van der Waals surface area contributed by atoms with Crippen LogP contribution in [0.25, 0.3) is 22.3 Å². The van der Waals surface area contributed by atoms with E-state index in [1.807, 2.05) is 72.9 Å². The summed E-state index contributed by atoms with van der Waals surface area (Å²) >= 11 is 0. The van der Waals surface area contributed by atoms with Crippen molar-refractivity contribution in [3.05, 3.63) is 102 Å². The average Bonchev–Trinajstić information content (AvgIpc) is 3.26. The molecule has 2 aliphatic heterocycles. The third kappa shape index (κ3) is 2.94. The van der Waals surface area contributed by atoms with Gasteiger partial charge < -0.3 is 15.2 Å². The van der Waals surface area contributed by atoms with Crippen LogP contribution in [0.4, 0.5) is 0 Å². The zero-order valence-electron chi connectivity index (χ0n) is 17.5. The smallest absolute Gasteiger partial charge is 0.283 e. The molecule has 33 heavy (non-hydrogen) atoms. The number of aliphatic imine (C=N–C) groups is 1. The van der Waals surface area contributed by atoms with Crippen LogP contribution in [0.3, 0.4) is 0 Å². The molecule has 1 spiro atoms. The molecule has 0 aliphatic carbocycles. The van der Waals surface area contributed by atoms with Gasteiger partial charge in [0.15, 0.2) is 5.54 Å². The number of ether oxygens (including phenoxy) is 2. The number of rotatable bonds is 2. The summed E-state index contributed by atoms with van der Waals surface area (Å²) in [7, 11) is 0. The second-order valence-electron chi connectivity index (χ2n) is 8.02. The van der Waals surface area contributed by atoms with Crippen LogP contribution in [0.1, 0.15) is 16.7 Å². The van der Waals surface area contributed by atoms with Crippen molar-refractivity contribution in [1.82, 2.24) is 4.98 Å². The van der Waals surface area contributed by atoms with Crippen LogP contribution >= 0.6 is 0 Å². The number of benzene rings is 3. The molecule has 0 saturated heterocycles. The first-order valence-corrected chi connectivity index (χ1v) is 10.5. The number of aromatic nitrogens is 1. The molecular weight excluding hydrogens is 412 g/mol. The largest absolute Gasteiger partial charge is 0.462 e. The van der Waals surface area contributed by atoms with Gasteiger partial charge in [-0.05, 0) is 53.1 Å². The maximum absolute atomic E-state index is 9.59. The minimum absolute atomic E-state index is 0.142. The minimum atomic E-state index is -0.844. The van der Waals surface area contributed by atoms with Crippen molar-refractivity contribution in [3.63, 3.8) is 0 Å². The molecule has 4 aromatic rings. The van der Waals surface area contributed by atoms with Crippen molar-refractivity contribution in [2.75, 3.05) is 6.61 Å². The first kappa shape index (κ1) is 19.1. The van der Waals surface area contributed by atoms with Crippen molar-refractivity contribution >= 4 is 6.02 Å². The third-order valence-corrected chi connectivity index (χ3v) is 6.15. The van der Waals surface area contributed by atoms with E-state index in [0.717, 1.165) is 33.4 Å². The van der Waals surface area contributed by atoms with E-state index in [9.17, 15) is 5.26 Å². The number of nitriles is 1. The average molecular weight is 430 g/mol. The van der Waals surface area contributed by atoms with Crippen molar-refractivity contribution in [2.45, 2.75) is 5.54 Å². The number of hydrogen-bond donors (Lipinski definition) is 1. The Morgan fingerprint density at radius 2 is 1.64 bits per heavy atom. The molecule has 6 rings (SSSR count). The molecule has 1 atom stereocenters. The minimum Gasteiger partial charge on any atom is -0.462 e. The van der Waals surface area contributed by atoms with Crippen LogP contribution in [0.5, 0.6) is 11.5 Å². The van der Waals surface area contributed by atoms with Gasteiger partial charge in [-0.15, -0.1) is 0 Å². The molecule has 6 nitrogen and oxygen atoms in total. The summed E-state index contributed by atoms with van der Waals surface area (Å²) in [5, 5.41) is 9.59. The summed E-state index contributed by atoms with van der Waals surface area (Å²) in [6, 6.07) is 25.8. The Hall–Kier alpha value is -4.63. The number of pyridine rings is 1. The van der Waals surface area contributed by atoms with Gasteiger partial charge in [0.1, 0.15) is 18.1 Å². The fraction of sp³-hybridized carbons (Fsp3) is 0.0741. The molecule has 6 heteroatoms. The predicted molar refractivity (Wildman–Crippen MR) is 125 cm³/mol. The predicted octanol–water partition coefficient (Wildman–Crippen LogP) is 4.98. The van der Waals surface area contributed by atoms with Gasteiger partial charge in [0, 0.05) is 29.1 Å². The van der Waals surface area contributed by atoms with Gasteiger partial charge in [0.2, 0.25) is 0 Å². The first-order chi connectivity index (χ1) is 16.2. The molecule has 0 amide bonds. The lowest BCUT2D eigenvalue weighted by atomic mass is 9.79. The van der Waals surface area contributed by atoms with E-state index in [-0.39, 0.29) is 12.6 Å². The SMILES string of the molecule is N#Cc1ccccc1-c1ccc2c(c1)[C@]1(COC(N)=N1)c1cc(-c3cccnc3)ccc1O2. The van der Waals surface area contributed by atoms with Gasteiger partial charge in [-0.2, -0.15) is 5.26 Å². The maximum Gasteiger partial charge on any atom is 0.283 e. The molecule has 0 fully saturated rings. The highest BCUT2D eigenvalue weighted by molar-refractivity contribution is 5.79. The summed E-state index contributed by atoms with van der Waals surface area (Å²) in [6.45, 7) is 0.266. The van der Waals surface area contributed by atoms with Gasteiger partial charge in [0.05, 0.1) is 11.6 Å². The Labute approximate surface area is 190 Å². The first-order valence-electron chi connectivity index (χ1n) is 10.5. The fourth-order valence-corrected chi connectivity index (χ4v) is 4.57. The van der Waals surface area contributed by atoms with Crippen molar-refractivity contribution < 1.29 is 9.47 Å². The van der Waals surface area contributed by atoms with E-state index >= 15 is 0 Å². The molecule has 0 bridgehead atoms. The molecule has 0 saturated carbocycles. The Bertz CT molecular complexity index is 1470. The molecule has 158 valence electrons. The third-order valence-electron chi connectivity index (χ3n) is 6.15. The highest BCUT2D eigenvalue weighted by atomic mass is 16.5. The Balaban J connectivity index is 1.57. The summed E-state index contributed by atoms with van der Waals surface area (Å²) in [4.78, 5) is 9.03. The lowest BCUT2D eigenvalue weighted by Gasteiger charge is -2.34. The summed E-state index contributed by atoms with van der Waals surface area (Å²) in [6.07, 6.45) is 3.57. The molecule has 3 aromatic carbocycles. The van der Waals surface area contributed by atoms with E-state index in [4.69, 9.17) is 20.2 Å². The number of fused-ring (bicyclic) bond motifs is 4. The second-order valence-corrected chi connectivity index (χ2v) is 8.02. The second kappa shape index (κ2) is 7.21.